The minimum absolute atomic E-state index is 0.0364. The van der Waals surface area contributed by atoms with Gasteiger partial charge in [0.25, 0.3) is 0 Å². The molecule has 0 aromatic heterocycles. The van der Waals surface area contributed by atoms with Gasteiger partial charge < -0.3 is 10.1 Å². The molecule has 2 aromatic carbocycles. The molecule has 0 fully saturated rings. The van der Waals surface area contributed by atoms with Crippen molar-refractivity contribution in [2.24, 2.45) is 0 Å². The summed E-state index contributed by atoms with van der Waals surface area (Å²) < 4.78 is 19.2. The van der Waals surface area contributed by atoms with Crippen LogP contribution in [0, 0.1) is 5.82 Å². The van der Waals surface area contributed by atoms with Gasteiger partial charge in [-0.3, -0.25) is 0 Å². The molecule has 5 heteroatoms. The van der Waals surface area contributed by atoms with Gasteiger partial charge in [-0.15, -0.1) is 0 Å². The Hall–Kier alpha value is -1.10. The van der Waals surface area contributed by atoms with Crippen LogP contribution in [0.1, 0.15) is 17.2 Å². The maximum atomic E-state index is 13.4. The van der Waals surface area contributed by atoms with Crippen molar-refractivity contribution < 1.29 is 9.13 Å². The molecule has 1 unspecified atom stereocenters. The lowest BCUT2D eigenvalue weighted by atomic mass is 9.98. The number of nitrogens with one attached hydrogen (secondary N) is 1. The summed E-state index contributed by atoms with van der Waals surface area (Å²) in [5.74, 6) is 0.523. The van der Waals surface area contributed by atoms with Crippen LogP contribution in [0.15, 0.2) is 40.9 Å². The molecule has 1 N–H and O–H groups in total. The summed E-state index contributed by atoms with van der Waals surface area (Å²) in [6.07, 6.45) is 0.693. The predicted octanol–water partition coefficient (Wildman–Crippen LogP) is 4.75. The van der Waals surface area contributed by atoms with Crippen LogP contribution in [0.3, 0.4) is 0 Å². The summed E-state index contributed by atoms with van der Waals surface area (Å²) in [7, 11) is 3.51. The molecule has 0 aliphatic carbocycles. The first-order valence-electron chi connectivity index (χ1n) is 6.49. The highest BCUT2D eigenvalue weighted by Crippen LogP contribution is 2.29. The molecular formula is C16H16BrClFNO. The lowest BCUT2D eigenvalue weighted by Gasteiger charge is -2.19. The van der Waals surface area contributed by atoms with E-state index in [1.54, 1.807) is 25.3 Å². The molecule has 0 aliphatic heterocycles. The van der Waals surface area contributed by atoms with Crippen molar-refractivity contribution in [3.8, 4) is 5.75 Å². The lowest BCUT2D eigenvalue weighted by Crippen LogP contribution is -2.19. The van der Waals surface area contributed by atoms with Gasteiger partial charge in [0.1, 0.15) is 11.6 Å². The van der Waals surface area contributed by atoms with Gasteiger partial charge in [0, 0.05) is 11.1 Å². The lowest BCUT2D eigenvalue weighted by molar-refractivity contribution is 0.406. The van der Waals surface area contributed by atoms with Gasteiger partial charge >= 0.3 is 0 Å². The molecule has 112 valence electrons. The third-order valence-electron chi connectivity index (χ3n) is 3.36. The molecule has 2 aromatic rings. The summed E-state index contributed by atoms with van der Waals surface area (Å²) in [6, 6.07) is 10.6. The molecule has 0 spiro atoms. The first kappa shape index (κ1) is 16.3. The summed E-state index contributed by atoms with van der Waals surface area (Å²) in [6.45, 7) is 0. The zero-order chi connectivity index (χ0) is 15.4. The van der Waals surface area contributed by atoms with Gasteiger partial charge in [0.2, 0.25) is 0 Å². The van der Waals surface area contributed by atoms with Crippen molar-refractivity contribution in [3.63, 3.8) is 0 Å². The number of benzene rings is 2. The van der Waals surface area contributed by atoms with Crippen LogP contribution in [-0.2, 0) is 6.42 Å². The number of hydrogen-bond acceptors (Lipinski definition) is 2. The van der Waals surface area contributed by atoms with E-state index in [1.165, 1.54) is 6.07 Å². The van der Waals surface area contributed by atoms with Crippen LogP contribution >= 0.6 is 27.5 Å². The smallest absolute Gasteiger partial charge is 0.137 e. The van der Waals surface area contributed by atoms with Crippen molar-refractivity contribution in [2.75, 3.05) is 14.2 Å². The standard InChI is InChI=1S/C16H16BrClFNO/c1-20-15(10-3-5-14(19)13(17)8-10)9-11-7-12(18)4-6-16(11)21-2/h3-8,15,20H,9H2,1-2H3. The third-order valence-corrected chi connectivity index (χ3v) is 4.20. The van der Waals surface area contributed by atoms with E-state index in [-0.39, 0.29) is 11.9 Å². The van der Waals surface area contributed by atoms with Gasteiger partial charge in [-0.2, -0.15) is 0 Å². The molecule has 2 nitrogen and oxygen atoms in total. The average Bonchev–Trinajstić information content (AvgIpc) is 2.48. The zero-order valence-electron chi connectivity index (χ0n) is 11.8. The average molecular weight is 373 g/mol. The quantitative estimate of drug-likeness (QED) is 0.817. The predicted molar refractivity (Wildman–Crippen MR) is 87.6 cm³/mol. The molecule has 2 rings (SSSR count). The first-order chi connectivity index (χ1) is 10.0. The molecule has 0 bridgehead atoms. The number of halogens is 3. The molecule has 0 saturated carbocycles. The minimum Gasteiger partial charge on any atom is -0.496 e. The van der Waals surface area contributed by atoms with Gasteiger partial charge in [0.05, 0.1) is 11.6 Å². The molecule has 0 saturated heterocycles. The van der Waals surface area contributed by atoms with E-state index in [1.807, 2.05) is 19.2 Å². The number of hydrogen-bond donors (Lipinski definition) is 1. The van der Waals surface area contributed by atoms with Crippen LogP contribution in [-0.4, -0.2) is 14.2 Å². The maximum Gasteiger partial charge on any atom is 0.137 e. The second-order valence-electron chi connectivity index (χ2n) is 4.68. The second-order valence-corrected chi connectivity index (χ2v) is 5.97. The number of methoxy groups -OCH3 is 1. The minimum atomic E-state index is -0.270. The Morgan fingerprint density at radius 1 is 1.29 bits per heavy atom. The van der Waals surface area contributed by atoms with Gasteiger partial charge in [-0.1, -0.05) is 17.7 Å². The zero-order valence-corrected chi connectivity index (χ0v) is 14.1. The highest BCUT2D eigenvalue weighted by molar-refractivity contribution is 9.10. The van der Waals surface area contributed by atoms with E-state index in [0.717, 1.165) is 16.9 Å². The fourth-order valence-electron chi connectivity index (χ4n) is 2.24. The highest BCUT2D eigenvalue weighted by atomic mass is 79.9. The highest BCUT2D eigenvalue weighted by Gasteiger charge is 2.15. The first-order valence-corrected chi connectivity index (χ1v) is 7.67. The van der Waals surface area contributed by atoms with Crippen LogP contribution in [0.5, 0.6) is 5.75 Å². The van der Waals surface area contributed by atoms with E-state index in [9.17, 15) is 4.39 Å². The number of ether oxygens (including phenoxy) is 1. The Kier molecular flexibility index (Phi) is 5.62. The third kappa shape index (κ3) is 3.96. The van der Waals surface area contributed by atoms with Crippen molar-refractivity contribution in [1.29, 1.82) is 0 Å². The summed E-state index contributed by atoms with van der Waals surface area (Å²) in [4.78, 5) is 0. The SMILES string of the molecule is CNC(Cc1cc(Cl)ccc1OC)c1ccc(F)c(Br)c1. The fraction of sp³-hybridized carbons (Fsp3) is 0.250. The largest absolute Gasteiger partial charge is 0.496 e. The van der Waals surface area contributed by atoms with Gasteiger partial charge in [0.15, 0.2) is 0 Å². The summed E-state index contributed by atoms with van der Waals surface area (Å²) in [5.41, 5.74) is 2.00. The van der Waals surface area contributed by atoms with Crippen molar-refractivity contribution in [3.05, 3.63) is 62.8 Å². The molecule has 1 atom stereocenters. The van der Waals surface area contributed by atoms with E-state index in [0.29, 0.717) is 15.9 Å². The van der Waals surface area contributed by atoms with E-state index in [2.05, 4.69) is 21.2 Å². The van der Waals surface area contributed by atoms with Crippen LogP contribution in [0.4, 0.5) is 4.39 Å². The summed E-state index contributed by atoms with van der Waals surface area (Å²) >= 11 is 9.28. The maximum absolute atomic E-state index is 13.4. The Morgan fingerprint density at radius 2 is 2.05 bits per heavy atom. The fourth-order valence-corrected chi connectivity index (χ4v) is 2.83. The topological polar surface area (TPSA) is 21.3 Å². The normalized spacial score (nSPS) is 12.2. The van der Waals surface area contributed by atoms with Crippen LogP contribution in [0.25, 0.3) is 0 Å². The van der Waals surface area contributed by atoms with Crippen molar-refractivity contribution in [1.82, 2.24) is 5.32 Å². The Bertz CT molecular complexity index is 636. The molecular weight excluding hydrogens is 357 g/mol. The Morgan fingerprint density at radius 3 is 2.67 bits per heavy atom. The molecule has 0 amide bonds. The monoisotopic (exact) mass is 371 g/mol. The number of rotatable bonds is 5. The second kappa shape index (κ2) is 7.25. The van der Waals surface area contributed by atoms with E-state index < -0.39 is 0 Å². The van der Waals surface area contributed by atoms with Crippen molar-refractivity contribution in [2.45, 2.75) is 12.5 Å². The number of likely N-dealkylation sites (N-methyl/N-ethyl adjacent to an activating group) is 1. The van der Waals surface area contributed by atoms with E-state index in [4.69, 9.17) is 16.3 Å². The Labute approximate surface area is 137 Å². The van der Waals surface area contributed by atoms with Crippen molar-refractivity contribution >= 4 is 27.5 Å². The molecule has 0 heterocycles. The van der Waals surface area contributed by atoms with Gasteiger partial charge in [-0.25, -0.2) is 4.39 Å². The summed E-state index contributed by atoms with van der Waals surface area (Å²) in [5, 5.41) is 3.91. The molecule has 0 radical (unpaired) electrons. The van der Waals surface area contributed by atoms with E-state index >= 15 is 0 Å². The molecule has 21 heavy (non-hydrogen) atoms. The Balaban J connectivity index is 2.30. The van der Waals surface area contributed by atoms with Crippen LogP contribution in [0.2, 0.25) is 5.02 Å². The van der Waals surface area contributed by atoms with Crippen LogP contribution < -0.4 is 10.1 Å². The molecule has 0 aliphatic rings. The van der Waals surface area contributed by atoms with Gasteiger partial charge in [-0.05, 0) is 70.9 Å².